The summed E-state index contributed by atoms with van der Waals surface area (Å²) in [4.78, 5) is 38.1. The molecule has 3 N–H and O–H groups in total. The van der Waals surface area contributed by atoms with Gasteiger partial charge in [-0.2, -0.15) is 9.50 Å². The minimum absolute atomic E-state index is 0.0858. The number of thiazole rings is 1. The van der Waals surface area contributed by atoms with Crippen molar-refractivity contribution in [1.82, 2.24) is 34.4 Å². The first-order valence-electron chi connectivity index (χ1n) is 13.3. The summed E-state index contributed by atoms with van der Waals surface area (Å²) in [6.07, 6.45) is 3.02. The minimum atomic E-state index is -1.11. The van der Waals surface area contributed by atoms with Gasteiger partial charge in [0, 0.05) is 74.7 Å². The molecule has 13 nitrogen and oxygen atoms in total. The zero-order valence-electron chi connectivity index (χ0n) is 23.0. The number of nitrogen functional groups attached to an aromatic ring is 1. The number of carbonyl (C=O) groups excluding carboxylic acids is 1. The normalized spacial score (nSPS) is 15.0. The summed E-state index contributed by atoms with van der Waals surface area (Å²) in [5.41, 5.74) is 6.86. The number of amides is 1. The average Bonchev–Trinajstić information content (AvgIpc) is 3.72. The molecule has 1 amide bonds. The summed E-state index contributed by atoms with van der Waals surface area (Å²) in [6.45, 7) is 2.94. The van der Waals surface area contributed by atoms with Crippen LogP contribution < -0.4 is 20.8 Å². The SMILES string of the molecule is CS(=O)CCNC(=O)c1cc(N2CCN(CCn3c(=O)sc4c3nc(N)n3nc(-c5ccco5)nc43)CC2)c(F)cc1F. The lowest BCUT2D eigenvalue weighted by molar-refractivity contribution is 0.0952. The summed E-state index contributed by atoms with van der Waals surface area (Å²) < 4.78 is 49.3. The Morgan fingerprint density at radius 1 is 1.14 bits per heavy atom. The van der Waals surface area contributed by atoms with E-state index in [9.17, 15) is 22.6 Å². The molecule has 1 fully saturated rings. The third kappa shape index (κ3) is 5.74. The molecule has 0 bridgehead atoms. The van der Waals surface area contributed by atoms with Crippen LogP contribution in [0.15, 0.2) is 39.7 Å². The van der Waals surface area contributed by atoms with Gasteiger partial charge in [0.1, 0.15) is 16.3 Å². The van der Waals surface area contributed by atoms with Gasteiger partial charge in [-0.15, -0.1) is 5.10 Å². The highest BCUT2D eigenvalue weighted by Gasteiger charge is 2.24. The molecule has 0 aliphatic carbocycles. The highest BCUT2D eigenvalue weighted by molar-refractivity contribution is 7.84. The van der Waals surface area contributed by atoms with E-state index in [0.29, 0.717) is 72.9 Å². The summed E-state index contributed by atoms with van der Waals surface area (Å²) in [6, 6.07) is 5.38. The molecule has 5 heterocycles. The third-order valence-corrected chi connectivity index (χ3v) is 8.91. The van der Waals surface area contributed by atoms with Crippen molar-refractivity contribution < 1.29 is 22.2 Å². The lowest BCUT2D eigenvalue weighted by Crippen LogP contribution is -2.47. The van der Waals surface area contributed by atoms with Crippen LogP contribution in [0.4, 0.5) is 20.4 Å². The largest absolute Gasteiger partial charge is 0.461 e. The van der Waals surface area contributed by atoms with Gasteiger partial charge in [0.2, 0.25) is 11.8 Å². The van der Waals surface area contributed by atoms with Crippen LogP contribution in [0.25, 0.3) is 27.6 Å². The molecule has 0 radical (unpaired) electrons. The Morgan fingerprint density at radius 2 is 1.93 bits per heavy atom. The average molecular weight is 632 g/mol. The number of nitrogens with one attached hydrogen (secondary N) is 1. The van der Waals surface area contributed by atoms with E-state index in [2.05, 4.69) is 25.3 Å². The second kappa shape index (κ2) is 11.8. The van der Waals surface area contributed by atoms with Gasteiger partial charge in [-0.3, -0.25) is 23.3 Å². The Kier molecular flexibility index (Phi) is 7.93. The van der Waals surface area contributed by atoms with Crippen molar-refractivity contribution in [3.05, 3.63) is 57.4 Å². The van der Waals surface area contributed by atoms with Gasteiger partial charge in [-0.25, -0.2) is 13.8 Å². The first kappa shape index (κ1) is 28.9. The maximum absolute atomic E-state index is 14.7. The van der Waals surface area contributed by atoms with Crippen molar-refractivity contribution in [3.8, 4) is 11.6 Å². The number of carbonyl (C=O) groups is 1. The highest BCUT2D eigenvalue weighted by atomic mass is 32.2. The number of anilines is 2. The van der Waals surface area contributed by atoms with E-state index in [1.165, 1.54) is 23.1 Å². The van der Waals surface area contributed by atoms with E-state index in [1.54, 1.807) is 21.6 Å². The lowest BCUT2D eigenvalue weighted by Gasteiger charge is -2.36. The number of furan rings is 1. The molecule has 4 aromatic heterocycles. The van der Waals surface area contributed by atoms with Gasteiger partial charge in [-0.05, 0) is 18.2 Å². The van der Waals surface area contributed by atoms with Gasteiger partial charge < -0.3 is 20.4 Å². The monoisotopic (exact) mass is 631 g/mol. The fraction of sp³-hybridized carbons (Fsp3) is 0.346. The predicted octanol–water partition coefficient (Wildman–Crippen LogP) is 1.55. The first-order valence-corrected chi connectivity index (χ1v) is 15.9. The molecule has 226 valence electrons. The fourth-order valence-corrected chi connectivity index (χ4v) is 6.27. The number of benzene rings is 1. The number of halogens is 2. The van der Waals surface area contributed by atoms with Crippen LogP contribution in [0, 0.1) is 11.6 Å². The molecule has 1 aromatic carbocycles. The molecular formula is C26H27F2N9O4S2. The lowest BCUT2D eigenvalue weighted by atomic mass is 10.1. The van der Waals surface area contributed by atoms with Crippen LogP contribution in [0.1, 0.15) is 10.4 Å². The van der Waals surface area contributed by atoms with Crippen LogP contribution in [-0.4, -0.2) is 90.4 Å². The zero-order chi connectivity index (χ0) is 30.2. The van der Waals surface area contributed by atoms with Crippen molar-refractivity contribution in [1.29, 1.82) is 0 Å². The Bertz CT molecular complexity index is 1900. The predicted molar refractivity (Wildman–Crippen MR) is 159 cm³/mol. The topological polar surface area (TPSA) is 157 Å². The van der Waals surface area contributed by atoms with Crippen molar-refractivity contribution in [2.24, 2.45) is 0 Å². The summed E-state index contributed by atoms with van der Waals surface area (Å²) in [5, 5.41) is 6.89. The van der Waals surface area contributed by atoms with Crippen molar-refractivity contribution in [2.45, 2.75) is 6.54 Å². The van der Waals surface area contributed by atoms with E-state index in [1.807, 2.05) is 0 Å². The summed E-state index contributed by atoms with van der Waals surface area (Å²) >= 11 is 1.01. The van der Waals surface area contributed by atoms with Crippen molar-refractivity contribution >= 4 is 55.7 Å². The molecule has 1 aliphatic heterocycles. The Hall–Kier alpha value is -4.22. The minimum Gasteiger partial charge on any atom is -0.461 e. The first-order chi connectivity index (χ1) is 20.7. The van der Waals surface area contributed by atoms with Gasteiger partial charge in [0.15, 0.2) is 17.1 Å². The number of hydrogen-bond acceptors (Lipinski definition) is 11. The van der Waals surface area contributed by atoms with Gasteiger partial charge in [0.05, 0.1) is 17.5 Å². The number of nitrogens with two attached hydrogens (primary N) is 1. The maximum atomic E-state index is 14.7. The van der Waals surface area contributed by atoms with Crippen molar-refractivity contribution in [3.63, 3.8) is 0 Å². The standard InChI is InChI=1S/C26H27F2N9O4S2/c1-43(40)12-4-30-24(38)15-13-18(17(28)14-16(15)27)35-8-5-34(6-9-35)7-10-36-22-20(42-26(36)39)23-31-21(19-3-2-11-41-19)33-37(23)25(29)32-22/h2-3,11,13-14H,4-10,12H2,1H3,(H2,29,32)(H,30,38). The second-order valence-electron chi connectivity index (χ2n) is 9.94. The number of aromatic nitrogens is 5. The number of rotatable bonds is 9. The number of nitrogens with zero attached hydrogens (tertiary/aromatic N) is 7. The van der Waals surface area contributed by atoms with E-state index >= 15 is 0 Å². The molecule has 1 aliphatic rings. The van der Waals surface area contributed by atoms with Crippen LogP contribution in [0.5, 0.6) is 0 Å². The molecule has 43 heavy (non-hydrogen) atoms. The molecule has 6 rings (SSSR count). The maximum Gasteiger partial charge on any atom is 0.309 e. The second-order valence-corrected chi connectivity index (χ2v) is 12.5. The molecule has 5 aromatic rings. The van der Waals surface area contributed by atoms with Gasteiger partial charge in [-0.1, -0.05) is 11.3 Å². The van der Waals surface area contributed by atoms with Crippen LogP contribution in [-0.2, 0) is 17.3 Å². The molecule has 1 unspecified atom stereocenters. The van der Waals surface area contributed by atoms with E-state index in [4.69, 9.17) is 10.2 Å². The Morgan fingerprint density at radius 3 is 2.65 bits per heavy atom. The van der Waals surface area contributed by atoms with Crippen LogP contribution in [0.2, 0.25) is 0 Å². The summed E-state index contributed by atoms with van der Waals surface area (Å²) in [5.74, 6) is -1.29. The Balaban J connectivity index is 1.13. The van der Waals surface area contributed by atoms with E-state index in [-0.39, 0.29) is 34.4 Å². The highest BCUT2D eigenvalue weighted by Crippen LogP contribution is 2.27. The van der Waals surface area contributed by atoms with Crippen molar-refractivity contribution in [2.75, 3.05) is 61.9 Å². The number of piperazine rings is 1. The Labute approximate surface area is 249 Å². The van der Waals surface area contributed by atoms with E-state index < -0.39 is 28.3 Å². The molecule has 0 spiro atoms. The number of fused-ring (bicyclic) bond motifs is 3. The summed E-state index contributed by atoms with van der Waals surface area (Å²) in [7, 11) is -1.11. The van der Waals surface area contributed by atoms with Crippen LogP contribution >= 0.6 is 11.3 Å². The third-order valence-electron chi connectivity index (χ3n) is 7.17. The zero-order valence-corrected chi connectivity index (χ0v) is 24.6. The van der Waals surface area contributed by atoms with Gasteiger partial charge in [0.25, 0.3) is 5.91 Å². The fourth-order valence-electron chi connectivity index (χ4n) is 4.95. The smallest absolute Gasteiger partial charge is 0.309 e. The number of hydrogen-bond donors (Lipinski definition) is 2. The molecule has 1 saturated heterocycles. The molecule has 0 saturated carbocycles. The quantitative estimate of drug-likeness (QED) is 0.245. The van der Waals surface area contributed by atoms with Crippen LogP contribution in [0.3, 0.4) is 0 Å². The molecule has 17 heteroatoms. The van der Waals surface area contributed by atoms with Gasteiger partial charge >= 0.3 is 4.87 Å². The molecular weight excluding hydrogens is 604 g/mol. The molecule has 1 atom stereocenters. The van der Waals surface area contributed by atoms with E-state index in [0.717, 1.165) is 11.3 Å².